The van der Waals surface area contributed by atoms with Gasteiger partial charge in [-0.3, -0.25) is 9.59 Å². The van der Waals surface area contributed by atoms with Crippen LogP contribution in [0, 0.1) is 0 Å². The number of nitrogens with zero attached hydrogens (tertiary/aromatic N) is 2. The summed E-state index contributed by atoms with van der Waals surface area (Å²) in [5.74, 6) is 0.317. The van der Waals surface area contributed by atoms with Crippen molar-refractivity contribution in [2.45, 2.75) is 31.8 Å². The predicted octanol–water partition coefficient (Wildman–Crippen LogP) is 2.81. The molecule has 5 rings (SSSR count). The van der Waals surface area contributed by atoms with E-state index in [1.54, 1.807) is 0 Å². The van der Waals surface area contributed by atoms with Crippen LogP contribution in [0.1, 0.15) is 56.3 Å². The Morgan fingerprint density at radius 3 is 2.76 bits per heavy atom. The fourth-order valence-electron chi connectivity index (χ4n) is 4.94. The molecule has 0 aliphatic carbocycles. The first-order valence-corrected chi connectivity index (χ1v) is 10.7. The van der Waals surface area contributed by atoms with Crippen molar-refractivity contribution in [3.63, 3.8) is 0 Å². The molecule has 0 bridgehead atoms. The van der Waals surface area contributed by atoms with E-state index in [0.29, 0.717) is 13.0 Å². The second-order valence-electron chi connectivity index (χ2n) is 8.32. The molecule has 1 amide bonds. The molecule has 1 atom stereocenters. The Hall–Kier alpha value is -2.50. The highest BCUT2D eigenvalue weighted by molar-refractivity contribution is 5.99. The van der Waals surface area contributed by atoms with Crippen LogP contribution in [0.5, 0.6) is 0 Å². The summed E-state index contributed by atoms with van der Waals surface area (Å²) in [7, 11) is 0. The summed E-state index contributed by atoms with van der Waals surface area (Å²) < 4.78 is 0. The summed E-state index contributed by atoms with van der Waals surface area (Å²) in [5.41, 5.74) is 5.16. The first-order chi connectivity index (χ1) is 14.2. The summed E-state index contributed by atoms with van der Waals surface area (Å²) in [6, 6.07) is 14.2. The van der Waals surface area contributed by atoms with Gasteiger partial charge in [-0.15, -0.1) is 0 Å². The number of piperazine rings is 1. The molecule has 0 spiro atoms. The number of aryl methyl sites for hydroxylation is 1. The van der Waals surface area contributed by atoms with Crippen molar-refractivity contribution in [2.24, 2.45) is 0 Å². The van der Waals surface area contributed by atoms with Gasteiger partial charge in [0, 0.05) is 56.8 Å². The van der Waals surface area contributed by atoms with Crippen molar-refractivity contribution in [1.29, 1.82) is 0 Å². The summed E-state index contributed by atoms with van der Waals surface area (Å²) in [5, 5.41) is 3.34. The molecule has 0 saturated carbocycles. The molecular weight excluding hydrogens is 362 g/mol. The molecule has 0 aromatic heterocycles. The van der Waals surface area contributed by atoms with E-state index in [0.717, 1.165) is 67.8 Å². The van der Waals surface area contributed by atoms with E-state index in [-0.39, 0.29) is 17.7 Å². The number of fused-ring (bicyclic) bond motifs is 4. The standard InChI is InChI=1S/C24H27N3O2/c28-23(9-12-26-13-10-25-11-14-26)18-6-5-17-7-8-22-20-3-1-2-4-21(20)24(29)27(22)16-19(17)15-18/h1-6,15,22,25H,7-14,16H2. The lowest BCUT2D eigenvalue weighted by molar-refractivity contribution is 0.0709. The van der Waals surface area contributed by atoms with Crippen LogP contribution in [0.4, 0.5) is 0 Å². The highest BCUT2D eigenvalue weighted by Gasteiger charge is 2.37. The maximum atomic E-state index is 12.9. The first-order valence-electron chi connectivity index (χ1n) is 10.7. The number of ketones is 1. The number of amides is 1. The van der Waals surface area contributed by atoms with E-state index >= 15 is 0 Å². The normalized spacial score (nSPS) is 21.3. The van der Waals surface area contributed by atoms with E-state index in [2.05, 4.69) is 22.3 Å². The lowest BCUT2D eigenvalue weighted by atomic mass is 9.96. The van der Waals surface area contributed by atoms with Gasteiger partial charge in [0.1, 0.15) is 0 Å². The van der Waals surface area contributed by atoms with Crippen LogP contribution in [0.3, 0.4) is 0 Å². The van der Waals surface area contributed by atoms with Crippen LogP contribution in [0.2, 0.25) is 0 Å². The Kier molecular flexibility index (Phi) is 4.94. The molecule has 2 aromatic carbocycles. The summed E-state index contributed by atoms with van der Waals surface area (Å²) in [4.78, 5) is 30.1. The van der Waals surface area contributed by atoms with Gasteiger partial charge in [-0.1, -0.05) is 30.3 Å². The zero-order valence-corrected chi connectivity index (χ0v) is 16.7. The fourth-order valence-corrected chi connectivity index (χ4v) is 4.94. The minimum absolute atomic E-state index is 0.119. The number of rotatable bonds is 4. The summed E-state index contributed by atoms with van der Waals surface area (Å²) >= 11 is 0. The van der Waals surface area contributed by atoms with Gasteiger partial charge in [0.2, 0.25) is 0 Å². The SMILES string of the molecule is O=C(CCN1CCNCC1)c1ccc2c(c1)CN1C(=O)c3ccccc3C1CC2. The lowest BCUT2D eigenvalue weighted by Gasteiger charge is -2.26. The molecule has 0 radical (unpaired) electrons. The smallest absolute Gasteiger partial charge is 0.255 e. The molecule has 1 unspecified atom stereocenters. The van der Waals surface area contributed by atoms with Crippen LogP contribution < -0.4 is 5.32 Å². The van der Waals surface area contributed by atoms with Crippen LogP contribution >= 0.6 is 0 Å². The third kappa shape index (κ3) is 3.49. The number of Topliss-reactive ketones (excluding diaryl/α,β-unsaturated/α-hetero) is 1. The molecule has 1 fully saturated rings. The second kappa shape index (κ2) is 7.73. The zero-order valence-electron chi connectivity index (χ0n) is 16.7. The first kappa shape index (κ1) is 18.5. The van der Waals surface area contributed by atoms with Crippen molar-refractivity contribution >= 4 is 11.7 Å². The number of carbonyl (C=O) groups excluding carboxylic acids is 2. The van der Waals surface area contributed by atoms with Crippen molar-refractivity contribution in [2.75, 3.05) is 32.7 Å². The van der Waals surface area contributed by atoms with E-state index in [9.17, 15) is 9.59 Å². The van der Waals surface area contributed by atoms with Gasteiger partial charge in [0.05, 0.1) is 6.04 Å². The molecule has 5 nitrogen and oxygen atoms in total. The van der Waals surface area contributed by atoms with Gasteiger partial charge in [-0.2, -0.15) is 0 Å². The average molecular weight is 389 g/mol. The van der Waals surface area contributed by atoms with Gasteiger partial charge in [-0.05, 0) is 41.7 Å². The minimum Gasteiger partial charge on any atom is -0.327 e. The van der Waals surface area contributed by atoms with Gasteiger partial charge in [0.15, 0.2) is 5.78 Å². The van der Waals surface area contributed by atoms with Gasteiger partial charge < -0.3 is 15.1 Å². The lowest BCUT2D eigenvalue weighted by Crippen LogP contribution is -2.44. The molecule has 3 aliphatic heterocycles. The maximum Gasteiger partial charge on any atom is 0.255 e. The van der Waals surface area contributed by atoms with E-state index in [1.165, 1.54) is 5.56 Å². The van der Waals surface area contributed by atoms with Crippen molar-refractivity contribution in [3.05, 3.63) is 70.3 Å². The molecule has 5 heteroatoms. The molecule has 150 valence electrons. The number of hydrogen-bond donors (Lipinski definition) is 1. The Morgan fingerprint density at radius 1 is 1.07 bits per heavy atom. The summed E-state index contributed by atoms with van der Waals surface area (Å²) in [6.45, 7) is 5.43. The predicted molar refractivity (Wildman–Crippen MR) is 112 cm³/mol. The monoisotopic (exact) mass is 389 g/mol. The third-order valence-corrected chi connectivity index (χ3v) is 6.61. The zero-order chi connectivity index (χ0) is 19.8. The van der Waals surface area contributed by atoms with Crippen LogP contribution in [0.15, 0.2) is 42.5 Å². The van der Waals surface area contributed by atoms with Crippen molar-refractivity contribution in [1.82, 2.24) is 15.1 Å². The average Bonchev–Trinajstić information content (AvgIpc) is 2.91. The highest BCUT2D eigenvalue weighted by atomic mass is 16.2. The summed E-state index contributed by atoms with van der Waals surface area (Å²) in [6.07, 6.45) is 2.43. The quantitative estimate of drug-likeness (QED) is 0.817. The molecule has 29 heavy (non-hydrogen) atoms. The number of benzene rings is 2. The van der Waals surface area contributed by atoms with Gasteiger partial charge >= 0.3 is 0 Å². The Labute approximate surface area is 171 Å². The van der Waals surface area contributed by atoms with E-state index in [4.69, 9.17) is 0 Å². The second-order valence-corrected chi connectivity index (χ2v) is 8.32. The number of nitrogens with one attached hydrogen (secondary N) is 1. The fraction of sp³-hybridized carbons (Fsp3) is 0.417. The topological polar surface area (TPSA) is 52.7 Å². The van der Waals surface area contributed by atoms with Crippen molar-refractivity contribution in [3.8, 4) is 0 Å². The largest absolute Gasteiger partial charge is 0.327 e. The maximum absolute atomic E-state index is 12.9. The molecular formula is C24H27N3O2. The molecule has 3 aliphatic rings. The Balaban J connectivity index is 1.33. The Bertz CT molecular complexity index is 949. The minimum atomic E-state index is 0.119. The third-order valence-electron chi connectivity index (χ3n) is 6.61. The van der Waals surface area contributed by atoms with Gasteiger partial charge in [-0.25, -0.2) is 0 Å². The van der Waals surface area contributed by atoms with Gasteiger partial charge in [0.25, 0.3) is 5.91 Å². The van der Waals surface area contributed by atoms with Crippen molar-refractivity contribution < 1.29 is 9.59 Å². The molecule has 1 N–H and O–H groups in total. The van der Waals surface area contributed by atoms with Crippen LogP contribution in [-0.4, -0.2) is 54.2 Å². The highest BCUT2D eigenvalue weighted by Crippen LogP contribution is 2.40. The number of carbonyl (C=O) groups is 2. The molecule has 3 heterocycles. The molecule has 1 saturated heterocycles. The Morgan fingerprint density at radius 2 is 1.90 bits per heavy atom. The number of hydrogen-bond acceptors (Lipinski definition) is 4. The van der Waals surface area contributed by atoms with E-state index < -0.39 is 0 Å². The molecule has 2 aromatic rings. The van der Waals surface area contributed by atoms with Crippen LogP contribution in [-0.2, 0) is 13.0 Å². The van der Waals surface area contributed by atoms with Crippen LogP contribution in [0.25, 0.3) is 0 Å². The van der Waals surface area contributed by atoms with E-state index in [1.807, 2.05) is 35.2 Å².